The smallest absolute Gasteiger partial charge is 0.0898 e. The molecule has 0 radical (unpaired) electrons. The van der Waals surface area contributed by atoms with Gasteiger partial charge in [-0.05, 0) is 26.3 Å². The van der Waals surface area contributed by atoms with Crippen molar-refractivity contribution < 1.29 is 14.6 Å². The minimum atomic E-state index is -0.512. The van der Waals surface area contributed by atoms with E-state index in [0.717, 1.165) is 0 Å². The third-order valence-corrected chi connectivity index (χ3v) is 3.21. The van der Waals surface area contributed by atoms with Gasteiger partial charge >= 0.3 is 0 Å². The predicted octanol–water partition coefficient (Wildman–Crippen LogP) is 2.06. The van der Waals surface area contributed by atoms with E-state index < -0.39 is 6.10 Å². The molecule has 20 heavy (non-hydrogen) atoms. The van der Waals surface area contributed by atoms with Crippen molar-refractivity contribution in [2.24, 2.45) is 0 Å². The molecular formula is C16H27NO3. The Hall–Kier alpha value is -0.940. The number of aliphatic hydroxyl groups is 1. The van der Waals surface area contributed by atoms with Crippen LogP contribution in [0.15, 0.2) is 24.3 Å². The summed E-state index contributed by atoms with van der Waals surface area (Å²) in [5.74, 6) is 0. The molecule has 1 aromatic carbocycles. The summed E-state index contributed by atoms with van der Waals surface area (Å²) in [6, 6.07) is 8.62. The van der Waals surface area contributed by atoms with Gasteiger partial charge in [-0.25, -0.2) is 0 Å². The van der Waals surface area contributed by atoms with Gasteiger partial charge in [0, 0.05) is 19.7 Å². The first kappa shape index (κ1) is 17.1. The molecule has 3 atom stereocenters. The minimum Gasteiger partial charge on any atom is -0.389 e. The van der Waals surface area contributed by atoms with E-state index in [-0.39, 0.29) is 12.1 Å². The Labute approximate surface area is 122 Å². The average Bonchev–Trinajstić information content (AvgIpc) is 2.43. The molecule has 0 heterocycles. The van der Waals surface area contributed by atoms with E-state index in [4.69, 9.17) is 9.47 Å². The molecule has 2 unspecified atom stereocenters. The van der Waals surface area contributed by atoms with Gasteiger partial charge in [-0.2, -0.15) is 0 Å². The number of hydrogen-bond donors (Lipinski definition) is 2. The van der Waals surface area contributed by atoms with Crippen LogP contribution in [-0.2, 0) is 9.47 Å². The molecule has 0 aliphatic heterocycles. The van der Waals surface area contributed by atoms with E-state index in [1.165, 1.54) is 11.1 Å². The van der Waals surface area contributed by atoms with Crippen molar-refractivity contribution in [1.82, 2.24) is 5.32 Å². The molecule has 2 N–H and O–H groups in total. The maximum atomic E-state index is 9.88. The number of aliphatic hydroxyl groups excluding tert-OH is 1. The second kappa shape index (κ2) is 9.08. The molecule has 114 valence electrons. The Morgan fingerprint density at radius 1 is 1.15 bits per heavy atom. The Balaban J connectivity index is 2.26. The van der Waals surface area contributed by atoms with Crippen LogP contribution in [0.4, 0.5) is 0 Å². The van der Waals surface area contributed by atoms with Crippen LogP contribution in [0.2, 0.25) is 0 Å². The lowest BCUT2D eigenvalue weighted by atomic mass is 10.1. The first-order valence-corrected chi connectivity index (χ1v) is 7.11. The number of methoxy groups -OCH3 is 1. The van der Waals surface area contributed by atoms with E-state index in [1.54, 1.807) is 7.11 Å². The molecule has 0 aliphatic carbocycles. The zero-order valence-electron chi connectivity index (χ0n) is 12.9. The zero-order valence-corrected chi connectivity index (χ0v) is 12.9. The summed E-state index contributed by atoms with van der Waals surface area (Å²) in [6.07, 6.45) is -0.508. The normalized spacial score (nSPS) is 15.8. The number of rotatable bonds is 9. The van der Waals surface area contributed by atoms with E-state index in [1.807, 2.05) is 6.92 Å². The van der Waals surface area contributed by atoms with Gasteiger partial charge < -0.3 is 19.9 Å². The monoisotopic (exact) mass is 281 g/mol. The maximum absolute atomic E-state index is 9.88. The lowest BCUT2D eigenvalue weighted by molar-refractivity contribution is -0.0315. The average molecular weight is 281 g/mol. The van der Waals surface area contributed by atoms with E-state index in [0.29, 0.717) is 19.8 Å². The van der Waals surface area contributed by atoms with Crippen LogP contribution in [0.25, 0.3) is 0 Å². The fourth-order valence-corrected chi connectivity index (χ4v) is 1.90. The largest absolute Gasteiger partial charge is 0.389 e. The summed E-state index contributed by atoms with van der Waals surface area (Å²) in [5.41, 5.74) is 2.47. The van der Waals surface area contributed by atoms with Crippen LogP contribution in [0.3, 0.4) is 0 Å². The third kappa shape index (κ3) is 6.48. The second-order valence-corrected chi connectivity index (χ2v) is 5.29. The lowest BCUT2D eigenvalue weighted by Gasteiger charge is -2.19. The zero-order chi connectivity index (χ0) is 15.0. The van der Waals surface area contributed by atoms with E-state index >= 15 is 0 Å². The highest BCUT2D eigenvalue weighted by Crippen LogP contribution is 2.12. The van der Waals surface area contributed by atoms with Crippen molar-refractivity contribution in [1.29, 1.82) is 0 Å². The molecule has 0 saturated carbocycles. The number of aryl methyl sites for hydroxylation is 1. The number of nitrogens with one attached hydrogen (secondary N) is 1. The lowest BCUT2D eigenvalue weighted by Crippen LogP contribution is -2.33. The highest BCUT2D eigenvalue weighted by Gasteiger charge is 2.10. The molecule has 0 bridgehead atoms. The standard InChI is InChI=1S/C16H27NO3/c1-12-5-7-15(8-6-12)14(3)17-9-16(18)11-20-13(2)10-19-4/h5-8,13-14,16-18H,9-11H2,1-4H3/t13?,14-,16?/m1/s1. The Morgan fingerprint density at radius 3 is 2.40 bits per heavy atom. The quantitative estimate of drug-likeness (QED) is 0.727. The molecule has 1 rings (SSSR count). The summed E-state index contributed by atoms with van der Waals surface area (Å²) in [5, 5.41) is 13.2. The first-order valence-electron chi connectivity index (χ1n) is 7.11. The predicted molar refractivity (Wildman–Crippen MR) is 80.9 cm³/mol. The van der Waals surface area contributed by atoms with Crippen LogP contribution >= 0.6 is 0 Å². The van der Waals surface area contributed by atoms with Gasteiger partial charge in [-0.3, -0.25) is 0 Å². The minimum absolute atomic E-state index is 0.00386. The third-order valence-electron chi connectivity index (χ3n) is 3.21. The van der Waals surface area contributed by atoms with Crippen molar-refractivity contribution in [3.63, 3.8) is 0 Å². The van der Waals surface area contributed by atoms with Crippen molar-refractivity contribution >= 4 is 0 Å². The Kier molecular flexibility index (Phi) is 7.77. The van der Waals surface area contributed by atoms with Gasteiger partial charge in [0.15, 0.2) is 0 Å². The van der Waals surface area contributed by atoms with Crippen molar-refractivity contribution in [3.8, 4) is 0 Å². The summed E-state index contributed by atoms with van der Waals surface area (Å²) >= 11 is 0. The number of hydrogen-bond acceptors (Lipinski definition) is 4. The van der Waals surface area contributed by atoms with Gasteiger partial charge in [0.05, 0.1) is 25.4 Å². The van der Waals surface area contributed by atoms with Gasteiger partial charge in [-0.1, -0.05) is 29.8 Å². The van der Waals surface area contributed by atoms with Crippen molar-refractivity contribution in [2.45, 2.75) is 39.0 Å². The SMILES string of the molecule is COCC(C)OCC(O)CN[C@H](C)c1ccc(C)cc1. The van der Waals surface area contributed by atoms with E-state index in [2.05, 4.69) is 43.4 Å². The molecule has 0 saturated heterocycles. The van der Waals surface area contributed by atoms with Crippen LogP contribution in [0, 0.1) is 6.92 Å². The van der Waals surface area contributed by atoms with E-state index in [9.17, 15) is 5.11 Å². The Morgan fingerprint density at radius 2 is 1.80 bits per heavy atom. The molecule has 0 aromatic heterocycles. The summed E-state index contributed by atoms with van der Waals surface area (Å²) in [7, 11) is 1.64. The van der Waals surface area contributed by atoms with Crippen LogP contribution in [0.5, 0.6) is 0 Å². The number of ether oxygens (including phenoxy) is 2. The van der Waals surface area contributed by atoms with Gasteiger partial charge in [0.1, 0.15) is 0 Å². The fraction of sp³-hybridized carbons (Fsp3) is 0.625. The highest BCUT2D eigenvalue weighted by atomic mass is 16.5. The molecule has 0 aliphatic rings. The van der Waals surface area contributed by atoms with Gasteiger partial charge in [-0.15, -0.1) is 0 Å². The molecular weight excluding hydrogens is 254 g/mol. The number of benzene rings is 1. The molecule has 0 spiro atoms. The van der Waals surface area contributed by atoms with Crippen LogP contribution < -0.4 is 5.32 Å². The molecule has 4 nitrogen and oxygen atoms in total. The van der Waals surface area contributed by atoms with Crippen molar-refractivity contribution in [3.05, 3.63) is 35.4 Å². The summed E-state index contributed by atoms with van der Waals surface area (Å²) in [6.45, 7) is 7.46. The summed E-state index contributed by atoms with van der Waals surface area (Å²) in [4.78, 5) is 0. The molecule has 0 amide bonds. The van der Waals surface area contributed by atoms with Crippen LogP contribution in [-0.4, -0.2) is 44.2 Å². The van der Waals surface area contributed by atoms with Crippen molar-refractivity contribution in [2.75, 3.05) is 26.9 Å². The molecule has 1 aromatic rings. The van der Waals surface area contributed by atoms with Gasteiger partial charge in [0.2, 0.25) is 0 Å². The fourth-order valence-electron chi connectivity index (χ4n) is 1.90. The van der Waals surface area contributed by atoms with Gasteiger partial charge in [0.25, 0.3) is 0 Å². The topological polar surface area (TPSA) is 50.7 Å². The second-order valence-electron chi connectivity index (χ2n) is 5.29. The summed E-state index contributed by atoms with van der Waals surface area (Å²) < 4.78 is 10.5. The van der Waals surface area contributed by atoms with Crippen LogP contribution in [0.1, 0.15) is 31.0 Å². The molecule has 0 fully saturated rings. The Bertz CT molecular complexity index is 366. The highest BCUT2D eigenvalue weighted by molar-refractivity contribution is 5.23. The maximum Gasteiger partial charge on any atom is 0.0898 e. The molecule has 4 heteroatoms. The first-order chi connectivity index (χ1) is 9.52.